The Morgan fingerprint density at radius 3 is 2.00 bits per heavy atom. The van der Waals surface area contributed by atoms with Gasteiger partial charge in [-0.3, -0.25) is 4.79 Å². The third-order valence-corrected chi connectivity index (χ3v) is 3.92. The summed E-state index contributed by atoms with van der Waals surface area (Å²) in [6.45, 7) is 0.382. The van der Waals surface area contributed by atoms with Crippen LogP contribution in [-0.2, 0) is 16.1 Å². The van der Waals surface area contributed by atoms with Gasteiger partial charge >= 0.3 is 5.97 Å². The molecule has 0 spiro atoms. The summed E-state index contributed by atoms with van der Waals surface area (Å²) in [4.78, 5) is 24.0. The first kappa shape index (κ1) is 18.2. The van der Waals surface area contributed by atoms with Gasteiger partial charge in [-0.1, -0.05) is 60.7 Å². The van der Waals surface area contributed by atoms with Crippen LogP contribution in [0.5, 0.6) is 5.75 Å². The molecule has 3 rings (SSSR count). The van der Waals surface area contributed by atoms with Gasteiger partial charge in [-0.25, -0.2) is 4.79 Å². The summed E-state index contributed by atoms with van der Waals surface area (Å²) in [5.41, 5.74) is 7.16. The lowest BCUT2D eigenvalue weighted by molar-refractivity contribution is -0.127. The van der Waals surface area contributed by atoms with Gasteiger partial charge in [-0.2, -0.15) is 0 Å². The molecule has 0 aliphatic carbocycles. The summed E-state index contributed by atoms with van der Waals surface area (Å²) < 4.78 is 11.0. The van der Waals surface area contributed by atoms with Crippen LogP contribution in [0.2, 0.25) is 0 Å². The molecule has 0 heterocycles. The van der Waals surface area contributed by atoms with Crippen molar-refractivity contribution in [2.24, 2.45) is 5.73 Å². The number of hydrogen-bond donors (Lipinski definition) is 1. The van der Waals surface area contributed by atoms with Crippen molar-refractivity contribution in [3.8, 4) is 5.75 Å². The van der Waals surface area contributed by atoms with E-state index in [9.17, 15) is 9.59 Å². The lowest BCUT2D eigenvalue weighted by Gasteiger charge is -2.15. The smallest absolute Gasteiger partial charge is 0.339 e. The van der Waals surface area contributed by atoms with Crippen LogP contribution in [0, 0.1) is 0 Å². The minimum atomic E-state index is -1.13. The first-order chi connectivity index (χ1) is 13.1. The van der Waals surface area contributed by atoms with E-state index >= 15 is 0 Å². The molecular weight excluding hydrogens is 342 g/mol. The van der Waals surface area contributed by atoms with E-state index in [1.807, 2.05) is 30.3 Å². The van der Waals surface area contributed by atoms with Crippen LogP contribution in [-0.4, -0.2) is 11.9 Å². The maximum absolute atomic E-state index is 12.4. The highest BCUT2D eigenvalue weighted by atomic mass is 16.5. The van der Waals surface area contributed by atoms with Crippen molar-refractivity contribution < 1.29 is 19.1 Å². The van der Waals surface area contributed by atoms with Crippen molar-refractivity contribution in [3.05, 3.63) is 102 Å². The van der Waals surface area contributed by atoms with Crippen LogP contribution in [0.1, 0.15) is 27.6 Å². The maximum atomic E-state index is 12.4. The standard InChI is InChI=1S/C22H19NO4/c23-21(24)20(17-7-3-1-4-8-17)27-22(25)18-13-11-16(12-14-18)15-26-19-9-5-2-6-10-19/h1-14,20H,15H2,(H2,23,24). The lowest BCUT2D eigenvalue weighted by Crippen LogP contribution is -2.26. The molecule has 0 bridgehead atoms. The SMILES string of the molecule is NC(=O)C(OC(=O)c1ccc(COc2ccccc2)cc1)c1ccccc1. The summed E-state index contributed by atoms with van der Waals surface area (Å²) in [6, 6.07) is 25.0. The summed E-state index contributed by atoms with van der Waals surface area (Å²) in [6.07, 6.45) is -1.13. The molecule has 0 saturated heterocycles. The van der Waals surface area contributed by atoms with Crippen molar-refractivity contribution >= 4 is 11.9 Å². The maximum Gasteiger partial charge on any atom is 0.339 e. The number of benzene rings is 3. The minimum absolute atomic E-state index is 0.334. The minimum Gasteiger partial charge on any atom is -0.489 e. The van der Waals surface area contributed by atoms with Crippen LogP contribution in [0.4, 0.5) is 0 Å². The quantitative estimate of drug-likeness (QED) is 0.652. The normalized spacial score (nSPS) is 11.4. The number of carbonyl (C=O) groups excluding carboxylic acids is 2. The average molecular weight is 361 g/mol. The van der Waals surface area contributed by atoms with Crippen molar-refractivity contribution in [2.75, 3.05) is 0 Å². The van der Waals surface area contributed by atoms with Gasteiger partial charge in [0.15, 0.2) is 0 Å². The molecule has 1 amide bonds. The summed E-state index contributed by atoms with van der Waals surface area (Å²) in [7, 11) is 0. The molecule has 1 unspecified atom stereocenters. The molecule has 0 saturated carbocycles. The molecule has 5 nitrogen and oxygen atoms in total. The highest BCUT2D eigenvalue weighted by Gasteiger charge is 2.23. The van der Waals surface area contributed by atoms with Gasteiger partial charge in [-0.15, -0.1) is 0 Å². The Morgan fingerprint density at radius 2 is 1.41 bits per heavy atom. The molecule has 2 N–H and O–H groups in total. The predicted octanol–water partition coefficient (Wildman–Crippen LogP) is 3.65. The first-order valence-corrected chi connectivity index (χ1v) is 8.45. The second-order valence-electron chi connectivity index (χ2n) is 5.90. The molecular formula is C22H19NO4. The summed E-state index contributed by atoms with van der Waals surface area (Å²) in [5.74, 6) is -0.561. The fraction of sp³-hybridized carbons (Fsp3) is 0.0909. The number of amides is 1. The van der Waals surface area contributed by atoms with E-state index in [0.717, 1.165) is 11.3 Å². The van der Waals surface area contributed by atoms with Gasteiger partial charge in [0.25, 0.3) is 5.91 Å². The van der Waals surface area contributed by atoms with Crippen LogP contribution in [0.25, 0.3) is 0 Å². The highest BCUT2D eigenvalue weighted by Crippen LogP contribution is 2.19. The second kappa shape index (κ2) is 8.67. The van der Waals surface area contributed by atoms with Gasteiger partial charge in [0.2, 0.25) is 6.10 Å². The number of para-hydroxylation sites is 1. The monoisotopic (exact) mass is 361 g/mol. The van der Waals surface area contributed by atoms with Gasteiger partial charge in [0, 0.05) is 5.56 Å². The molecule has 5 heteroatoms. The second-order valence-corrected chi connectivity index (χ2v) is 5.90. The zero-order valence-electron chi connectivity index (χ0n) is 14.6. The Balaban J connectivity index is 1.63. The molecule has 27 heavy (non-hydrogen) atoms. The van der Waals surface area contributed by atoms with Gasteiger partial charge in [0.1, 0.15) is 12.4 Å². The van der Waals surface area contributed by atoms with Crippen LogP contribution in [0.3, 0.4) is 0 Å². The highest BCUT2D eigenvalue weighted by molar-refractivity contribution is 5.92. The van der Waals surface area contributed by atoms with E-state index in [1.54, 1.807) is 54.6 Å². The molecule has 0 fully saturated rings. The molecule has 0 radical (unpaired) electrons. The number of carbonyl (C=O) groups is 2. The largest absolute Gasteiger partial charge is 0.489 e. The van der Waals surface area contributed by atoms with Crippen molar-refractivity contribution in [2.45, 2.75) is 12.7 Å². The Kier molecular flexibility index (Phi) is 5.84. The molecule has 3 aromatic rings. The zero-order valence-corrected chi connectivity index (χ0v) is 14.6. The molecule has 0 aliphatic heterocycles. The Morgan fingerprint density at radius 1 is 0.815 bits per heavy atom. The topological polar surface area (TPSA) is 78.6 Å². The number of primary amides is 1. The third kappa shape index (κ3) is 4.95. The number of esters is 1. The van der Waals surface area contributed by atoms with Gasteiger partial charge in [0.05, 0.1) is 5.56 Å². The lowest BCUT2D eigenvalue weighted by atomic mass is 10.1. The van der Waals surface area contributed by atoms with Crippen LogP contribution >= 0.6 is 0 Å². The Labute approximate surface area is 157 Å². The van der Waals surface area contributed by atoms with Crippen molar-refractivity contribution in [1.29, 1.82) is 0 Å². The zero-order chi connectivity index (χ0) is 19.1. The molecule has 0 aromatic heterocycles. The Bertz CT molecular complexity index is 893. The first-order valence-electron chi connectivity index (χ1n) is 8.45. The summed E-state index contributed by atoms with van der Waals surface area (Å²) in [5, 5.41) is 0. The van der Waals surface area contributed by atoms with Crippen LogP contribution < -0.4 is 10.5 Å². The third-order valence-electron chi connectivity index (χ3n) is 3.92. The van der Waals surface area contributed by atoms with E-state index in [2.05, 4.69) is 0 Å². The number of nitrogens with two attached hydrogens (primary N) is 1. The van der Waals surface area contributed by atoms with Crippen molar-refractivity contribution in [3.63, 3.8) is 0 Å². The molecule has 3 aromatic carbocycles. The van der Waals surface area contributed by atoms with Gasteiger partial charge < -0.3 is 15.2 Å². The molecule has 136 valence electrons. The number of ether oxygens (including phenoxy) is 2. The fourth-order valence-corrected chi connectivity index (χ4v) is 2.51. The number of rotatable bonds is 7. The summed E-state index contributed by atoms with van der Waals surface area (Å²) >= 11 is 0. The van der Waals surface area contributed by atoms with E-state index in [-0.39, 0.29) is 0 Å². The number of hydrogen-bond acceptors (Lipinski definition) is 4. The van der Waals surface area contributed by atoms with E-state index in [4.69, 9.17) is 15.2 Å². The Hall–Kier alpha value is -3.60. The fourth-order valence-electron chi connectivity index (χ4n) is 2.51. The van der Waals surface area contributed by atoms with E-state index < -0.39 is 18.0 Å². The van der Waals surface area contributed by atoms with Crippen molar-refractivity contribution in [1.82, 2.24) is 0 Å². The molecule has 1 atom stereocenters. The average Bonchev–Trinajstić information content (AvgIpc) is 2.72. The van der Waals surface area contributed by atoms with Gasteiger partial charge in [-0.05, 0) is 29.8 Å². The van der Waals surface area contributed by atoms with Crippen LogP contribution in [0.15, 0.2) is 84.9 Å². The van der Waals surface area contributed by atoms with E-state index in [0.29, 0.717) is 17.7 Å². The molecule has 0 aliphatic rings. The predicted molar refractivity (Wildman–Crippen MR) is 101 cm³/mol. The van der Waals surface area contributed by atoms with E-state index in [1.165, 1.54) is 0 Å².